The average molecular weight is 342 g/mol. The number of halogens is 1. The molecule has 6 heteroatoms. The van der Waals surface area contributed by atoms with Crippen LogP contribution in [0.1, 0.15) is 30.1 Å². The monoisotopic (exact) mass is 342 g/mol. The lowest BCUT2D eigenvalue weighted by molar-refractivity contribution is 0.122. The van der Waals surface area contributed by atoms with E-state index in [1.54, 1.807) is 12.1 Å². The molecule has 5 nitrogen and oxygen atoms in total. The molecule has 4 rings (SSSR count). The summed E-state index contributed by atoms with van der Waals surface area (Å²) in [5.74, 6) is 0.614. The summed E-state index contributed by atoms with van der Waals surface area (Å²) in [6, 6.07) is 9.21. The minimum atomic E-state index is -0.166. The summed E-state index contributed by atoms with van der Waals surface area (Å²) in [7, 11) is 0. The second-order valence-electron chi connectivity index (χ2n) is 6.63. The van der Waals surface area contributed by atoms with E-state index in [1.165, 1.54) is 6.07 Å². The third kappa shape index (κ3) is 3.80. The highest BCUT2D eigenvalue weighted by Gasteiger charge is 2.26. The van der Waals surface area contributed by atoms with Crippen molar-refractivity contribution in [2.45, 2.75) is 25.4 Å². The van der Waals surface area contributed by atoms with E-state index in [0.717, 1.165) is 69.4 Å². The van der Waals surface area contributed by atoms with Crippen LogP contribution in [-0.4, -0.2) is 47.7 Å². The Hall–Kier alpha value is -2.05. The molecule has 0 aliphatic carbocycles. The molecule has 1 atom stereocenters. The number of benzene rings is 1. The van der Waals surface area contributed by atoms with Crippen LogP contribution in [0.15, 0.2) is 36.5 Å². The molecular formula is C19H23FN4O. The topological polar surface area (TPSA) is 41.5 Å². The van der Waals surface area contributed by atoms with Gasteiger partial charge in [0, 0.05) is 31.9 Å². The Labute approximate surface area is 147 Å². The second kappa shape index (κ2) is 7.45. The SMILES string of the molecule is Fc1cccc(C2CCCN2Cc2ccnc(N3CCOCC3)n2)c1. The Morgan fingerprint density at radius 1 is 1.16 bits per heavy atom. The zero-order valence-electron chi connectivity index (χ0n) is 14.3. The Kier molecular flexibility index (Phi) is 4.90. The first-order chi connectivity index (χ1) is 12.3. The van der Waals surface area contributed by atoms with Gasteiger partial charge in [-0.25, -0.2) is 14.4 Å². The second-order valence-corrected chi connectivity index (χ2v) is 6.63. The molecule has 1 aromatic carbocycles. The van der Waals surface area contributed by atoms with Gasteiger partial charge in [-0.05, 0) is 43.1 Å². The fourth-order valence-electron chi connectivity index (χ4n) is 3.70. The molecule has 3 heterocycles. The van der Waals surface area contributed by atoms with E-state index in [1.807, 2.05) is 18.3 Å². The van der Waals surface area contributed by atoms with Gasteiger partial charge in [-0.2, -0.15) is 0 Å². The first kappa shape index (κ1) is 16.4. The molecule has 2 saturated heterocycles. The highest BCUT2D eigenvalue weighted by Crippen LogP contribution is 2.33. The number of likely N-dealkylation sites (tertiary alicyclic amines) is 1. The van der Waals surface area contributed by atoms with Gasteiger partial charge in [-0.15, -0.1) is 0 Å². The molecule has 0 saturated carbocycles. The molecule has 0 spiro atoms. The summed E-state index contributed by atoms with van der Waals surface area (Å²) in [6.45, 7) is 4.89. The molecule has 0 radical (unpaired) electrons. The molecule has 1 aromatic heterocycles. The number of hydrogen-bond acceptors (Lipinski definition) is 5. The Bertz CT molecular complexity index is 720. The van der Waals surface area contributed by atoms with Crippen LogP contribution in [0.2, 0.25) is 0 Å². The maximum absolute atomic E-state index is 13.6. The molecule has 1 unspecified atom stereocenters. The van der Waals surface area contributed by atoms with Crippen molar-refractivity contribution in [3.05, 3.63) is 53.6 Å². The Morgan fingerprint density at radius 2 is 2.04 bits per heavy atom. The van der Waals surface area contributed by atoms with E-state index in [4.69, 9.17) is 9.72 Å². The van der Waals surface area contributed by atoms with E-state index in [2.05, 4.69) is 14.8 Å². The quantitative estimate of drug-likeness (QED) is 0.855. The van der Waals surface area contributed by atoms with Crippen molar-refractivity contribution in [3.8, 4) is 0 Å². The fraction of sp³-hybridized carbons (Fsp3) is 0.474. The van der Waals surface area contributed by atoms with Crippen LogP contribution in [0.5, 0.6) is 0 Å². The summed E-state index contributed by atoms with van der Waals surface area (Å²) in [4.78, 5) is 13.7. The van der Waals surface area contributed by atoms with Crippen LogP contribution in [0.25, 0.3) is 0 Å². The number of hydrogen-bond donors (Lipinski definition) is 0. The number of nitrogens with zero attached hydrogens (tertiary/aromatic N) is 4. The van der Waals surface area contributed by atoms with Gasteiger partial charge in [0.05, 0.1) is 18.9 Å². The van der Waals surface area contributed by atoms with Crippen LogP contribution >= 0.6 is 0 Å². The van der Waals surface area contributed by atoms with Crippen molar-refractivity contribution < 1.29 is 9.13 Å². The van der Waals surface area contributed by atoms with Gasteiger partial charge in [-0.1, -0.05) is 12.1 Å². The van der Waals surface area contributed by atoms with E-state index < -0.39 is 0 Å². The van der Waals surface area contributed by atoms with Gasteiger partial charge in [0.2, 0.25) is 5.95 Å². The maximum Gasteiger partial charge on any atom is 0.225 e. The molecule has 25 heavy (non-hydrogen) atoms. The first-order valence-corrected chi connectivity index (χ1v) is 8.94. The summed E-state index contributed by atoms with van der Waals surface area (Å²) in [6.07, 6.45) is 4.02. The van der Waals surface area contributed by atoms with E-state index in [9.17, 15) is 4.39 Å². The Balaban J connectivity index is 1.49. The zero-order valence-corrected chi connectivity index (χ0v) is 14.3. The highest BCUT2D eigenvalue weighted by atomic mass is 19.1. The maximum atomic E-state index is 13.6. The first-order valence-electron chi connectivity index (χ1n) is 8.94. The summed E-state index contributed by atoms with van der Waals surface area (Å²) in [5, 5.41) is 0. The van der Waals surface area contributed by atoms with Gasteiger partial charge >= 0.3 is 0 Å². The fourth-order valence-corrected chi connectivity index (χ4v) is 3.70. The third-order valence-corrected chi connectivity index (χ3v) is 4.96. The molecule has 2 aromatic rings. The standard InChI is InChI=1S/C19H23FN4O/c20-16-4-1-3-15(13-16)18-5-2-8-24(18)14-17-6-7-21-19(22-17)23-9-11-25-12-10-23/h1,3-4,6-7,13,18H,2,5,8-12,14H2. The number of anilines is 1. The van der Waals surface area contributed by atoms with Crippen molar-refractivity contribution >= 4 is 5.95 Å². The zero-order chi connectivity index (χ0) is 17.1. The third-order valence-electron chi connectivity index (χ3n) is 4.96. The lowest BCUT2D eigenvalue weighted by atomic mass is 10.0. The minimum Gasteiger partial charge on any atom is -0.378 e. The average Bonchev–Trinajstić information content (AvgIpc) is 3.11. The molecule has 0 bridgehead atoms. The Morgan fingerprint density at radius 3 is 2.88 bits per heavy atom. The lowest BCUT2D eigenvalue weighted by Gasteiger charge is -2.28. The summed E-state index contributed by atoms with van der Waals surface area (Å²) >= 11 is 0. The van der Waals surface area contributed by atoms with Crippen molar-refractivity contribution in [2.24, 2.45) is 0 Å². The van der Waals surface area contributed by atoms with Crippen molar-refractivity contribution in [2.75, 3.05) is 37.7 Å². The van der Waals surface area contributed by atoms with Crippen molar-refractivity contribution in [1.82, 2.24) is 14.9 Å². The minimum absolute atomic E-state index is 0.166. The molecular weight excluding hydrogens is 319 g/mol. The van der Waals surface area contributed by atoms with Crippen LogP contribution < -0.4 is 4.90 Å². The molecule has 0 N–H and O–H groups in total. The number of morpholine rings is 1. The molecule has 2 aliphatic heterocycles. The van der Waals surface area contributed by atoms with Crippen LogP contribution in [0.4, 0.5) is 10.3 Å². The molecule has 2 aliphatic rings. The van der Waals surface area contributed by atoms with Crippen LogP contribution in [0, 0.1) is 5.82 Å². The van der Waals surface area contributed by atoms with Gasteiger partial charge in [0.25, 0.3) is 0 Å². The van der Waals surface area contributed by atoms with E-state index in [-0.39, 0.29) is 11.9 Å². The number of rotatable bonds is 4. The van der Waals surface area contributed by atoms with Gasteiger partial charge in [-0.3, -0.25) is 4.90 Å². The molecule has 132 valence electrons. The normalized spacial score (nSPS) is 21.6. The van der Waals surface area contributed by atoms with Crippen molar-refractivity contribution in [3.63, 3.8) is 0 Å². The number of aromatic nitrogens is 2. The largest absolute Gasteiger partial charge is 0.378 e. The van der Waals surface area contributed by atoms with Gasteiger partial charge < -0.3 is 9.64 Å². The van der Waals surface area contributed by atoms with Crippen molar-refractivity contribution in [1.29, 1.82) is 0 Å². The lowest BCUT2D eigenvalue weighted by Crippen LogP contribution is -2.37. The van der Waals surface area contributed by atoms with Gasteiger partial charge in [0.15, 0.2) is 0 Å². The smallest absolute Gasteiger partial charge is 0.225 e. The van der Waals surface area contributed by atoms with Crippen LogP contribution in [-0.2, 0) is 11.3 Å². The predicted octanol–water partition coefficient (Wildman–Crippen LogP) is 2.79. The van der Waals surface area contributed by atoms with Gasteiger partial charge in [0.1, 0.15) is 5.82 Å². The van der Waals surface area contributed by atoms with E-state index in [0.29, 0.717) is 0 Å². The molecule has 2 fully saturated rings. The van der Waals surface area contributed by atoms with Crippen LogP contribution in [0.3, 0.4) is 0 Å². The summed E-state index contributed by atoms with van der Waals surface area (Å²) < 4.78 is 19.0. The predicted molar refractivity (Wildman–Crippen MR) is 93.8 cm³/mol. The highest BCUT2D eigenvalue weighted by molar-refractivity contribution is 5.31. The van der Waals surface area contributed by atoms with E-state index >= 15 is 0 Å². The molecule has 0 amide bonds. The number of ether oxygens (including phenoxy) is 1. The summed E-state index contributed by atoms with van der Waals surface area (Å²) in [5.41, 5.74) is 2.07.